The summed E-state index contributed by atoms with van der Waals surface area (Å²) in [5.74, 6) is -0.134. The first kappa shape index (κ1) is 34.8. The van der Waals surface area contributed by atoms with E-state index in [1.807, 2.05) is 36.4 Å². The highest BCUT2D eigenvalue weighted by Crippen LogP contribution is 2.33. The number of anilines is 1. The lowest BCUT2D eigenvalue weighted by Gasteiger charge is -2.34. The Hall–Kier alpha value is -4.54. The van der Waals surface area contributed by atoms with E-state index < -0.39 is 28.5 Å². The number of methoxy groups -OCH3 is 2. The number of carbonyl (C=O) groups excluding carboxylic acids is 2. The van der Waals surface area contributed by atoms with Gasteiger partial charge in [-0.25, -0.2) is 8.42 Å². The maximum atomic E-state index is 14.7. The zero-order valence-corrected chi connectivity index (χ0v) is 28.6. The van der Waals surface area contributed by atoms with Crippen molar-refractivity contribution in [3.63, 3.8) is 0 Å². The first-order chi connectivity index (χ1) is 23.2. The van der Waals surface area contributed by atoms with Crippen LogP contribution >= 0.6 is 11.6 Å². The molecule has 1 saturated carbocycles. The molecule has 0 unspecified atom stereocenters. The van der Waals surface area contributed by atoms with Gasteiger partial charge < -0.3 is 19.7 Å². The molecule has 252 valence electrons. The Balaban J connectivity index is 1.59. The number of carbonyl (C=O) groups is 2. The summed E-state index contributed by atoms with van der Waals surface area (Å²) < 4.78 is 40.5. The fraction of sp³-hybridized carbons (Fsp3) is 0.297. The second kappa shape index (κ2) is 16.0. The second-order valence-corrected chi connectivity index (χ2v) is 13.9. The van der Waals surface area contributed by atoms with Crippen LogP contribution in [0.4, 0.5) is 5.69 Å². The van der Waals surface area contributed by atoms with Gasteiger partial charge in [0.1, 0.15) is 24.1 Å². The third-order valence-corrected chi connectivity index (χ3v) is 10.7. The summed E-state index contributed by atoms with van der Waals surface area (Å²) in [5.41, 5.74) is 1.66. The molecule has 0 saturated heterocycles. The molecule has 9 nitrogen and oxygen atoms in total. The van der Waals surface area contributed by atoms with Crippen LogP contribution in [0.5, 0.6) is 11.5 Å². The molecule has 4 aromatic carbocycles. The van der Waals surface area contributed by atoms with Gasteiger partial charge >= 0.3 is 0 Å². The van der Waals surface area contributed by atoms with Crippen LogP contribution in [0.25, 0.3) is 0 Å². The number of nitrogens with one attached hydrogen (secondary N) is 1. The van der Waals surface area contributed by atoms with Gasteiger partial charge in [-0.3, -0.25) is 13.9 Å². The van der Waals surface area contributed by atoms with E-state index in [1.54, 1.807) is 54.6 Å². The Morgan fingerprint density at radius 3 is 2.17 bits per heavy atom. The van der Waals surface area contributed by atoms with Gasteiger partial charge in [0.05, 0.1) is 24.8 Å². The molecular formula is C37H40ClN3O6S. The van der Waals surface area contributed by atoms with E-state index in [0.717, 1.165) is 35.6 Å². The van der Waals surface area contributed by atoms with E-state index in [1.165, 1.54) is 31.3 Å². The van der Waals surface area contributed by atoms with Gasteiger partial charge in [0.15, 0.2) is 0 Å². The fourth-order valence-corrected chi connectivity index (χ4v) is 7.58. The molecule has 0 radical (unpaired) electrons. The van der Waals surface area contributed by atoms with Crippen molar-refractivity contribution in [2.75, 3.05) is 25.1 Å². The van der Waals surface area contributed by atoms with Gasteiger partial charge in [-0.15, -0.1) is 0 Å². The van der Waals surface area contributed by atoms with Gasteiger partial charge in [-0.1, -0.05) is 85.1 Å². The van der Waals surface area contributed by atoms with E-state index >= 15 is 0 Å². The van der Waals surface area contributed by atoms with Crippen molar-refractivity contribution in [2.45, 2.75) is 55.6 Å². The summed E-state index contributed by atoms with van der Waals surface area (Å²) in [6.07, 6.45) is 3.99. The standard InChI is InChI=1S/C37H40ClN3O6S/c1-46-30-20-22-31(23-21-30)48(44,45)41(33-18-10-11-19-35(33)47-2)26-36(42)40(25-28-14-6-9-17-32(28)38)34(24-27-12-4-3-5-13-27)37(43)39-29-15-7-8-16-29/h3-6,9-14,17-23,29,34H,7-8,15-16,24-26H2,1-2H3,(H,39,43)/t34-/m0/s1. The zero-order valence-electron chi connectivity index (χ0n) is 27.0. The SMILES string of the molecule is COc1ccc(S(=O)(=O)N(CC(=O)N(Cc2ccccc2Cl)[C@@H](Cc2ccccc2)C(=O)NC2CCCC2)c2ccccc2OC)cc1. The van der Waals surface area contributed by atoms with Gasteiger partial charge in [0, 0.05) is 24.0 Å². The Kier molecular flexibility index (Phi) is 11.6. The van der Waals surface area contributed by atoms with Crippen molar-refractivity contribution >= 4 is 39.1 Å². The molecule has 0 heterocycles. The Morgan fingerprint density at radius 2 is 1.50 bits per heavy atom. The van der Waals surface area contributed by atoms with E-state index in [4.69, 9.17) is 21.1 Å². The Bertz CT molecular complexity index is 1800. The van der Waals surface area contributed by atoms with Gasteiger partial charge in [-0.05, 0) is 66.4 Å². The number of ether oxygens (including phenoxy) is 2. The Morgan fingerprint density at radius 1 is 0.854 bits per heavy atom. The lowest BCUT2D eigenvalue weighted by atomic mass is 10.0. The molecule has 1 N–H and O–H groups in total. The summed E-state index contributed by atoms with van der Waals surface area (Å²) in [5, 5.41) is 3.60. The molecule has 1 fully saturated rings. The second-order valence-electron chi connectivity index (χ2n) is 11.7. The Labute approximate surface area is 287 Å². The molecule has 0 aromatic heterocycles. The molecule has 48 heavy (non-hydrogen) atoms. The number of halogens is 1. The van der Waals surface area contributed by atoms with Crippen LogP contribution in [-0.4, -0.2) is 58.0 Å². The minimum atomic E-state index is -4.32. The molecule has 1 aliphatic carbocycles. The molecule has 0 spiro atoms. The highest BCUT2D eigenvalue weighted by molar-refractivity contribution is 7.92. The maximum absolute atomic E-state index is 14.7. The third kappa shape index (κ3) is 8.29. The molecule has 0 bridgehead atoms. The van der Waals surface area contributed by atoms with Crippen LogP contribution in [-0.2, 0) is 32.6 Å². The number of hydrogen-bond acceptors (Lipinski definition) is 6. The summed E-state index contributed by atoms with van der Waals surface area (Å²) >= 11 is 6.60. The highest BCUT2D eigenvalue weighted by atomic mass is 35.5. The van der Waals surface area contributed by atoms with E-state index in [9.17, 15) is 18.0 Å². The first-order valence-electron chi connectivity index (χ1n) is 15.9. The molecule has 1 atom stereocenters. The summed E-state index contributed by atoms with van der Waals surface area (Å²) in [6, 6.07) is 28.2. The van der Waals surface area contributed by atoms with Crippen LogP contribution < -0.4 is 19.1 Å². The van der Waals surface area contributed by atoms with Crippen molar-refractivity contribution in [3.8, 4) is 11.5 Å². The van der Waals surface area contributed by atoms with Crippen LogP contribution in [0.3, 0.4) is 0 Å². The molecule has 11 heteroatoms. The highest BCUT2D eigenvalue weighted by Gasteiger charge is 2.36. The number of hydrogen-bond donors (Lipinski definition) is 1. The number of amides is 2. The van der Waals surface area contributed by atoms with Gasteiger partial charge in [-0.2, -0.15) is 0 Å². The number of nitrogens with zero attached hydrogens (tertiary/aromatic N) is 2. The maximum Gasteiger partial charge on any atom is 0.264 e. The third-order valence-electron chi connectivity index (χ3n) is 8.55. The van der Waals surface area contributed by atoms with Crippen LogP contribution in [0, 0.1) is 0 Å². The largest absolute Gasteiger partial charge is 0.497 e. The fourth-order valence-electron chi connectivity index (χ4n) is 5.96. The predicted molar refractivity (Wildman–Crippen MR) is 187 cm³/mol. The van der Waals surface area contributed by atoms with Crippen molar-refractivity contribution in [1.82, 2.24) is 10.2 Å². The molecular weight excluding hydrogens is 650 g/mol. The topological polar surface area (TPSA) is 105 Å². The summed E-state index contributed by atoms with van der Waals surface area (Å²) in [7, 11) is -1.39. The van der Waals surface area contributed by atoms with Crippen LogP contribution in [0.15, 0.2) is 108 Å². The number of rotatable bonds is 14. The van der Waals surface area contributed by atoms with Crippen molar-refractivity contribution in [2.24, 2.45) is 0 Å². The predicted octanol–water partition coefficient (Wildman–Crippen LogP) is 6.25. The number of sulfonamides is 1. The zero-order chi connectivity index (χ0) is 34.1. The smallest absolute Gasteiger partial charge is 0.264 e. The van der Waals surface area contributed by atoms with E-state index in [2.05, 4.69) is 5.32 Å². The van der Waals surface area contributed by atoms with Crippen molar-refractivity contribution in [1.29, 1.82) is 0 Å². The molecule has 2 amide bonds. The molecule has 4 aromatic rings. The minimum Gasteiger partial charge on any atom is -0.497 e. The van der Waals surface area contributed by atoms with E-state index in [-0.39, 0.29) is 41.2 Å². The normalized spacial score (nSPS) is 13.8. The molecule has 0 aliphatic heterocycles. The first-order valence-corrected chi connectivity index (χ1v) is 17.7. The van der Waals surface area contributed by atoms with Gasteiger partial charge in [0.2, 0.25) is 11.8 Å². The lowest BCUT2D eigenvalue weighted by molar-refractivity contribution is -0.140. The van der Waals surface area contributed by atoms with Crippen molar-refractivity contribution < 1.29 is 27.5 Å². The minimum absolute atomic E-state index is 0.00793. The van der Waals surface area contributed by atoms with Crippen LogP contribution in [0.1, 0.15) is 36.8 Å². The van der Waals surface area contributed by atoms with Crippen LogP contribution in [0.2, 0.25) is 5.02 Å². The van der Waals surface area contributed by atoms with Gasteiger partial charge in [0.25, 0.3) is 10.0 Å². The average molecular weight is 690 g/mol. The summed E-state index contributed by atoms with van der Waals surface area (Å²) in [6.45, 7) is -0.627. The average Bonchev–Trinajstić information content (AvgIpc) is 3.62. The van der Waals surface area contributed by atoms with E-state index in [0.29, 0.717) is 16.3 Å². The number of para-hydroxylation sites is 2. The molecule has 5 rings (SSSR count). The quantitative estimate of drug-likeness (QED) is 0.168. The summed E-state index contributed by atoms with van der Waals surface area (Å²) in [4.78, 5) is 30.3. The monoisotopic (exact) mass is 689 g/mol. The number of benzene rings is 4. The molecule has 1 aliphatic rings. The van der Waals surface area contributed by atoms with Crippen molar-refractivity contribution in [3.05, 3.63) is 119 Å². The lowest BCUT2D eigenvalue weighted by Crippen LogP contribution is -2.54.